The molecule has 5 N–H and O–H groups in total. The van der Waals surface area contributed by atoms with Crippen LogP contribution in [0.15, 0.2) is 132 Å². The van der Waals surface area contributed by atoms with Gasteiger partial charge >= 0.3 is 5.97 Å². The number of H-pyrrole nitrogens is 1. The number of aromatic nitrogens is 1. The Bertz CT molecular complexity index is 2660. The molecular weight excluding hydrogens is 805 g/mol. The highest BCUT2D eigenvalue weighted by molar-refractivity contribution is 5.94. The van der Waals surface area contributed by atoms with E-state index in [1.165, 1.54) is 23.3 Å². The lowest BCUT2D eigenvalue weighted by molar-refractivity contribution is -0.164. The lowest BCUT2D eigenvalue weighted by Crippen LogP contribution is -2.41. The fraction of sp³-hybridized carbons (Fsp3) is 0.340. The number of nitrogens with zero attached hydrogens (tertiary/aromatic N) is 2. The average Bonchev–Trinajstić information content (AvgIpc) is 3.76. The number of nitrogens with one attached hydrogen (secondary N) is 2. The van der Waals surface area contributed by atoms with Crippen molar-refractivity contribution in [2.45, 2.75) is 68.7 Å². The summed E-state index contributed by atoms with van der Waals surface area (Å²) < 4.78 is 5.99. The van der Waals surface area contributed by atoms with Crippen LogP contribution in [0.4, 0.5) is 0 Å². The molecule has 330 valence electrons. The molecule has 0 spiro atoms. The number of phenolic OH excluding ortho intramolecular Hbond substituents is 1. The van der Waals surface area contributed by atoms with Crippen molar-refractivity contribution in [2.75, 3.05) is 39.3 Å². The van der Waals surface area contributed by atoms with Crippen LogP contribution in [-0.2, 0) is 34.5 Å². The van der Waals surface area contributed by atoms with Gasteiger partial charge in [-0.05, 0) is 127 Å². The number of aliphatic hydroxyl groups excluding tert-OH is 1. The number of aromatic amines is 1. The Balaban J connectivity index is 0.795. The zero-order valence-corrected chi connectivity index (χ0v) is 36.0. The standard InChI is InChI=1S/C53H56N4O7/c58-47-18-16-45(46-17-19-49(60)55-50(46)47)48(59)32-54-44-30-39-14-15-40(28-41(39)31-44)51(61)57-26-22-37(23-27-57)38-10-7-13-43(29-38)53(63,42-11-5-2-6-12-42)52(62)64-34-36-20-24-56(25-21-36)33-35-8-3-1-4-9-35/h1-19,28-29,36-37,44,48,54,58-59,63H,20-27,30-34H2,(H,55,60)/t44?,48-,53-/m0/s1. The number of hydrogen-bond donors (Lipinski definition) is 5. The summed E-state index contributed by atoms with van der Waals surface area (Å²) in [6.07, 6.45) is 3.98. The molecule has 0 bridgehead atoms. The molecule has 3 heterocycles. The van der Waals surface area contributed by atoms with Crippen LogP contribution in [0.2, 0.25) is 0 Å². The number of ether oxygens (including phenoxy) is 1. The Labute approximate surface area is 373 Å². The Morgan fingerprint density at radius 1 is 0.781 bits per heavy atom. The van der Waals surface area contributed by atoms with E-state index in [9.17, 15) is 29.7 Å². The summed E-state index contributed by atoms with van der Waals surface area (Å²) in [7, 11) is 0. The minimum absolute atomic E-state index is 0.00199. The molecule has 2 aliphatic heterocycles. The van der Waals surface area contributed by atoms with Crippen molar-refractivity contribution in [3.8, 4) is 5.75 Å². The third-order valence-corrected chi connectivity index (χ3v) is 13.7. The van der Waals surface area contributed by atoms with Gasteiger partial charge in [-0.2, -0.15) is 0 Å². The quantitative estimate of drug-likeness (QED) is 0.0795. The highest BCUT2D eigenvalue weighted by Crippen LogP contribution is 2.37. The second-order valence-corrected chi connectivity index (χ2v) is 17.9. The van der Waals surface area contributed by atoms with Crippen LogP contribution in [0.5, 0.6) is 5.75 Å². The number of amides is 1. The van der Waals surface area contributed by atoms with Gasteiger partial charge in [0.05, 0.1) is 18.2 Å². The number of pyridine rings is 1. The predicted octanol–water partition coefficient (Wildman–Crippen LogP) is 6.74. The zero-order chi connectivity index (χ0) is 44.2. The van der Waals surface area contributed by atoms with Gasteiger partial charge in [0.15, 0.2) is 0 Å². The second-order valence-electron chi connectivity index (χ2n) is 17.9. The molecule has 2 saturated heterocycles. The molecule has 11 nitrogen and oxygen atoms in total. The summed E-state index contributed by atoms with van der Waals surface area (Å²) in [5.41, 5.74) is 4.82. The maximum atomic E-state index is 14.1. The molecule has 11 heteroatoms. The summed E-state index contributed by atoms with van der Waals surface area (Å²) in [6.45, 7) is 4.49. The maximum absolute atomic E-state index is 14.1. The van der Waals surface area contributed by atoms with Gasteiger partial charge in [0.2, 0.25) is 11.2 Å². The van der Waals surface area contributed by atoms with Crippen molar-refractivity contribution in [2.24, 2.45) is 5.92 Å². The molecule has 0 radical (unpaired) electrons. The van der Waals surface area contributed by atoms with Gasteiger partial charge in [0, 0.05) is 49.2 Å². The number of esters is 1. The molecule has 5 aromatic carbocycles. The molecule has 3 atom stereocenters. The smallest absolute Gasteiger partial charge is 0.347 e. The number of carbonyl (C=O) groups is 2. The Morgan fingerprint density at radius 2 is 1.50 bits per heavy atom. The topological polar surface area (TPSA) is 155 Å². The van der Waals surface area contributed by atoms with E-state index in [0.29, 0.717) is 46.2 Å². The van der Waals surface area contributed by atoms with Gasteiger partial charge < -0.3 is 35.3 Å². The SMILES string of the molecule is O=C(c1ccc2c(c1)CC(NC[C@H](O)c1ccc(O)c3[nH]c(=O)ccc13)C2)N1CCC(c2cccc([C@](O)(C(=O)OCC3CCN(Cc4ccccc4)CC3)c3ccccc3)c2)CC1. The number of carbonyl (C=O) groups excluding carboxylic acids is 2. The minimum Gasteiger partial charge on any atom is -0.506 e. The summed E-state index contributed by atoms with van der Waals surface area (Å²) in [5.74, 6) is -0.345. The second kappa shape index (κ2) is 18.9. The van der Waals surface area contributed by atoms with Crippen molar-refractivity contribution < 1.29 is 29.6 Å². The van der Waals surface area contributed by atoms with Crippen molar-refractivity contribution in [3.05, 3.63) is 182 Å². The predicted molar refractivity (Wildman–Crippen MR) is 246 cm³/mol. The molecule has 1 aromatic heterocycles. The number of piperidine rings is 2. The maximum Gasteiger partial charge on any atom is 0.347 e. The zero-order valence-electron chi connectivity index (χ0n) is 36.0. The van der Waals surface area contributed by atoms with E-state index in [1.54, 1.807) is 30.3 Å². The minimum atomic E-state index is -1.98. The normalized spacial score (nSPS) is 18.7. The van der Waals surface area contributed by atoms with Crippen molar-refractivity contribution in [1.29, 1.82) is 0 Å². The Morgan fingerprint density at radius 3 is 2.27 bits per heavy atom. The first-order valence-corrected chi connectivity index (χ1v) is 22.6. The van der Waals surface area contributed by atoms with Gasteiger partial charge in [0.25, 0.3) is 5.91 Å². The summed E-state index contributed by atoms with van der Waals surface area (Å²) in [6, 6.07) is 39.4. The number of aliphatic hydroxyl groups is 2. The number of likely N-dealkylation sites (tertiary alicyclic amines) is 2. The third-order valence-electron chi connectivity index (χ3n) is 13.7. The molecule has 2 fully saturated rings. The van der Waals surface area contributed by atoms with Crippen LogP contribution in [0.1, 0.15) is 87.0 Å². The van der Waals surface area contributed by atoms with E-state index < -0.39 is 17.7 Å². The Hall–Kier alpha value is -6.11. The van der Waals surface area contributed by atoms with Crippen molar-refractivity contribution in [3.63, 3.8) is 0 Å². The fourth-order valence-corrected chi connectivity index (χ4v) is 9.98. The first-order valence-electron chi connectivity index (χ1n) is 22.6. The molecule has 64 heavy (non-hydrogen) atoms. The van der Waals surface area contributed by atoms with Gasteiger partial charge in [-0.3, -0.25) is 14.5 Å². The molecule has 1 aliphatic carbocycles. The number of benzene rings is 5. The molecule has 0 saturated carbocycles. The van der Waals surface area contributed by atoms with Crippen LogP contribution >= 0.6 is 0 Å². The number of fused-ring (bicyclic) bond motifs is 2. The molecule has 1 unspecified atom stereocenters. The highest BCUT2D eigenvalue weighted by Gasteiger charge is 2.42. The number of rotatable bonds is 13. The van der Waals surface area contributed by atoms with E-state index in [0.717, 1.165) is 69.3 Å². The summed E-state index contributed by atoms with van der Waals surface area (Å²) in [4.78, 5) is 46.8. The monoisotopic (exact) mass is 860 g/mol. The van der Waals surface area contributed by atoms with E-state index in [2.05, 4.69) is 39.5 Å². The van der Waals surface area contributed by atoms with E-state index in [1.807, 2.05) is 65.6 Å². The highest BCUT2D eigenvalue weighted by atomic mass is 16.5. The van der Waals surface area contributed by atoms with Crippen LogP contribution < -0.4 is 10.9 Å². The number of hydrogen-bond acceptors (Lipinski definition) is 9. The molecule has 1 amide bonds. The largest absolute Gasteiger partial charge is 0.506 e. The molecule has 6 aromatic rings. The average molecular weight is 861 g/mol. The van der Waals surface area contributed by atoms with E-state index >= 15 is 0 Å². The van der Waals surface area contributed by atoms with Crippen molar-refractivity contribution >= 4 is 22.8 Å². The van der Waals surface area contributed by atoms with Gasteiger partial charge in [0.1, 0.15) is 5.75 Å². The van der Waals surface area contributed by atoms with Gasteiger partial charge in [-0.25, -0.2) is 4.79 Å². The molecule has 3 aliphatic rings. The van der Waals surface area contributed by atoms with Crippen LogP contribution in [0.25, 0.3) is 10.9 Å². The summed E-state index contributed by atoms with van der Waals surface area (Å²) >= 11 is 0. The summed E-state index contributed by atoms with van der Waals surface area (Å²) in [5, 5.41) is 37.8. The van der Waals surface area contributed by atoms with E-state index in [4.69, 9.17) is 4.74 Å². The van der Waals surface area contributed by atoms with Crippen LogP contribution in [0, 0.1) is 5.92 Å². The number of aromatic hydroxyl groups is 1. The van der Waals surface area contributed by atoms with E-state index in [-0.39, 0.29) is 48.2 Å². The molecular formula is C53H56N4O7. The first-order chi connectivity index (χ1) is 31.1. The lowest BCUT2D eigenvalue weighted by Gasteiger charge is -2.34. The van der Waals surface area contributed by atoms with Crippen LogP contribution in [0.3, 0.4) is 0 Å². The van der Waals surface area contributed by atoms with Crippen molar-refractivity contribution in [1.82, 2.24) is 20.1 Å². The Kier molecular flexibility index (Phi) is 12.8. The van der Waals surface area contributed by atoms with Crippen LogP contribution in [-0.4, -0.2) is 87.4 Å². The van der Waals surface area contributed by atoms with Gasteiger partial charge in [-0.1, -0.05) is 97.1 Å². The third kappa shape index (κ3) is 9.25. The number of phenols is 1. The first kappa shape index (κ1) is 43.2. The molecule has 9 rings (SSSR count). The van der Waals surface area contributed by atoms with Gasteiger partial charge in [-0.15, -0.1) is 0 Å². The lowest BCUT2D eigenvalue weighted by atomic mass is 9.82. The fourth-order valence-electron chi connectivity index (χ4n) is 9.98.